The Balaban J connectivity index is 2.66. The predicted octanol–water partition coefficient (Wildman–Crippen LogP) is 2.68. The largest absolute Gasteiger partial charge is 0.289 e. The third-order valence-electron chi connectivity index (χ3n) is 1.97. The second-order valence-corrected chi connectivity index (χ2v) is 4.35. The molecule has 0 fully saturated rings. The van der Waals surface area contributed by atoms with Crippen LogP contribution in [-0.4, -0.2) is 12.3 Å². The van der Waals surface area contributed by atoms with E-state index in [0.29, 0.717) is 12.0 Å². The van der Waals surface area contributed by atoms with Gasteiger partial charge in [-0.25, -0.2) is 0 Å². The summed E-state index contributed by atoms with van der Waals surface area (Å²) in [7, 11) is 0. The molecule has 1 heterocycles. The Bertz CT molecular complexity index is 170. The fraction of sp³-hybridized carbons (Fsp3) is 0.700. The number of aliphatic imine (C=N–C) groups is 1. The van der Waals surface area contributed by atoms with E-state index in [2.05, 4.69) is 44.8 Å². The molecule has 1 rings (SSSR count). The van der Waals surface area contributed by atoms with E-state index in [-0.39, 0.29) is 5.41 Å². The SMILES string of the molecule is CC1C=CC(C(C)(C)C)N=C1. The molecule has 1 aliphatic rings. The lowest BCUT2D eigenvalue weighted by Crippen LogP contribution is -2.24. The van der Waals surface area contributed by atoms with Crippen molar-refractivity contribution in [1.82, 2.24) is 0 Å². The van der Waals surface area contributed by atoms with Crippen LogP contribution in [0.4, 0.5) is 0 Å². The fourth-order valence-corrected chi connectivity index (χ4v) is 1.12. The molecule has 0 saturated carbocycles. The molecule has 2 atom stereocenters. The van der Waals surface area contributed by atoms with Crippen LogP contribution in [0, 0.1) is 11.3 Å². The van der Waals surface area contributed by atoms with Crippen LogP contribution in [0.1, 0.15) is 27.7 Å². The van der Waals surface area contributed by atoms with Gasteiger partial charge in [-0.15, -0.1) is 0 Å². The molecule has 2 unspecified atom stereocenters. The molecule has 0 saturated heterocycles. The van der Waals surface area contributed by atoms with Crippen molar-refractivity contribution in [2.45, 2.75) is 33.7 Å². The molecular weight excluding hydrogens is 134 g/mol. The van der Waals surface area contributed by atoms with Crippen LogP contribution in [0.15, 0.2) is 17.1 Å². The van der Waals surface area contributed by atoms with Crippen molar-refractivity contribution < 1.29 is 0 Å². The molecule has 1 nitrogen and oxygen atoms in total. The van der Waals surface area contributed by atoms with Crippen molar-refractivity contribution in [3.63, 3.8) is 0 Å². The fourth-order valence-electron chi connectivity index (χ4n) is 1.12. The van der Waals surface area contributed by atoms with Gasteiger partial charge in [-0.05, 0) is 5.41 Å². The van der Waals surface area contributed by atoms with Gasteiger partial charge >= 0.3 is 0 Å². The molecule has 0 amide bonds. The third kappa shape index (κ3) is 2.18. The van der Waals surface area contributed by atoms with Gasteiger partial charge in [0.1, 0.15) is 0 Å². The van der Waals surface area contributed by atoms with Crippen LogP contribution >= 0.6 is 0 Å². The maximum atomic E-state index is 4.47. The molecule has 0 aliphatic carbocycles. The minimum atomic E-state index is 0.271. The lowest BCUT2D eigenvalue weighted by molar-refractivity contribution is 0.365. The summed E-state index contributed by atoms with van der Waals surface area (Å²) in [5.41, 5.74) is 0.271. The van der Waals surface area contributed by atoms with E-state index >= 15 is 0 Å². The van der Waals surface area contributed by atoms with Gasteiger partial charge in [0.15, 0.2) is 0 Å². The first kappa shape index (κ1) is 8.51. The van der Waals surface area contributed by atoms with Gasteiger partial charge in [0.2, 0.25) is 0 Å². The van der Waals surface area contributed by atoms with Gasteiger partial charge < -0.3 is 0 Å². The molecule has 11 heavy (non-hydrogen) atoms. The number of nitrogens with zero attached hydrogens (tertiary/aromatic N) is 1. The highest BCUT2D eigenvalue weighted by Gasteiger charge is 2.22. The van der Waals surface area contributed by atoms with Crippen LogP contribution in [-0.2, 0) is 0 Å². The van der Waals surface area contributed by atoms with Crippen LogP contribution in [0.2, 0.25) is 0 Å². The van der Waals surface area contributed by atoms with Gasteiger partial charge in [0, 0.05) is 12.1 Å². The maximum Gasteiger partial charge on any atom is 0.0724 e. The summed E-state index contributed by atoms with van der Waals surface area (Å²) in [5, 5.41) is 0. The topological polar surface area (TPSA) is 12.4 Å². The number of dihydropyridines is 1. The molecule has 0 bridgehead atoms. The predicted molar refractivity (Wildman–Crippen MR) is 50.0 cm³/mol. The quantitative estimate of drug-likeness (QED) is 0.472. The third-order valence-corrected chi connectivity index (χ3v) is 1.97. The summed E-state index contributed by atoms with van der Waals surface area (Å²) in [6.07, 6.45) is 6.48. The standard InChI is InChI=1S/C10H17N/c1-8-5-6-9(11-7-8)10(2,3)4/h5-9H,1-4H3. The van der Waals surface area contributed by atoms with Crippen molar-refractivity contribution in [3.05, 3.63) is 12.2 Å². The molecule has 0 aromatic heterocycles. The zero-order chi connectivity index (χ0) is 8.48. The van der Waals surface area contributed by atoms with Crippen molar-refractivity contribution >= 4 is 6.21 Å². The highest BCUT2D eigenvalue weighted by molar-refractivity contribution is 5.64. The van der Waals surface area contributed by atoms with Crippen molar-refractivity contribution in [2.24, 2.45) is 16.3 Å². The smallest absolute Gasteiger partial charge is 0.0724 e. The van der Waals surface area contributed by atoms with Gasteiger partial charge in [0.25, 0.3) is 0 Å². The summed E-state index contributed by atoms with van der Waals surface area (Å²) in [6, 6.07) is 0.374. The molecule has 0 aromatic rings. The lowest BCUT2D eigenvalue weighted by Gasteiger charge is -2.26. The molecule has 1 aliphatic heterocycles. The monoisotopic (exact) mass is 151 g/mol. The van der Waals surface area contributed by atoms with Crippen molar-refractivity contribution in [3.8, 4) is 0 Å². The Labute approximate surface area is 69.2 Å². The summed E-state index contributed by atoms with van der Waals surface area (Å²) in [5.74, 6) is 0.522. The molecule has 0 N–H and O–H groups in total. The molecule has 0 radical (unpaired) electrons. The Morgan fingerprint density at radius 1 is 1.18 bits per heavy atom. The average Bonchev–Trinajstić information content (AvgIpc) is 1.86. The number of rotatable bonds is 0. The second-order valence-electron chi connectivity index (χ2n) is 4.35. The number of hydrogen-bond acceptors (Lipinski definition) is 1. The van der Waals surface area contributed by atoms with Crippen LogP contribution in [0.25, 0.3) is 0 Å². The second kappa shape index (κ2) is 2.80. The summed E-state index contributed by atoms with van der Waals surface area (Å²) in [6.45, 7) is 8.80. The van der Waals surface area contributed by atoms with Gasteiger partial charge in [-0.2, -0.15) is 0 Å². The minimum Gasteiger partial charge on any atom is -0.289 e. The van der Waals surface area contributed by atoms with Gasteiger partial charge in [-0.1, -0.05) is 39.8 Å². The van der Waals surface area contributed by atoms with E-state index in [9.17, 15) is 0 Å². The Morgan fingerprint density at radius 3 is 2.18 bits per heavy atom. The molecule has 62 valence electrons. The normalized spacial score (nSPS) is 30.9. The highest BCUT2D eigenvalue weighted by Crippen LogP contribution is 2.25. The first-order valence-electron chi connectivity index (χ1n) is 4.22. The molecule has 1 heteroatoms. The van der Waals surface area contributed by atoms with Gasteiger partial charge in [0.05, 0.1) is 6.04 Å². The molecular formula is C10H17N. The minimum absolute atomic E-state index is 0.271. The molecule has 0 spiro atoms. The lowest BCUT2D eigenvalue weighted by atomic mass is 9.85. The Hall–Kier alpha value is -0.590. The number of hydrogen-bond donors (Lipinski definition) is 0. The van der Waals surface area contributed by atoms with E-state index in [0.717, 1.165) is 0 Å². The summed E-state index contributed by atoms with van der Waals surface area (Å²) in [4.78, 5) is 4.47. The van der Waals surface area contributed by atoms with E-state index in [4.69, 9.17) is 0 Å². The van der Waals surface area contributed by atoms with Crippen molar-refractivity contribution in [1.29, 1.82) is 0 Å². The first-order chi connectivity index (χ1) is 5.00. The first-order valence-corrected chi connectivity index (χ1v) is 4.22. The van der Waals surface area contributed by atoms with Crippen LogP contribution in [0.5, 0.6) is 0 Å². The Morgan fingerprint density at radius 2 is 1.82 bits per heavy atom. The zero-order valence-corrected chi connectivity index (χ0v) is 7.83. The van der Waals surface area contributed by atoms with E-state index in [1.165, 1.54) is 0 Å². The summed E-state index contributed by atoms with van der Waals surface area (Å²) >= 11 is 0. The van der Waals surface area contributed by atoms with E-state index in [1.54, 1.807) is 0 Å². The highest BCUT2D eigenvalue weighted by atomic mass is 14.8. The average molecular weight is 151 g/mol. The zero-order valence-electron chi connectivity index (χ0n) is 7.83. The number of allylic oxidation sites excluding steroid dienone is 1. The maximum absolute atomic E-state index is 4.47. The van der Waals surface area contributed by atoms with E-state index in [1.807, 2.05) is 6.21 Å². The van der Waals surface area contributed by atoms with Crippen LogP contribution < -0.4 is 0 Å². The van der Waals surface area contributed by atoms with Crippen molar-refractivity contribution in [2.75, 3.05) is 0 Å². The van der Waals surface area contributed by atoms with Gasteiger partial charge in [-0.3, -0.25) is 4.99 Å². The molecule has 0 aromatic carbocycles. The van der Waals surface area contributed by atoms with E-state index < -0.39 is 0 Å². The Kier molecular flexibility index (Phi) is 2.17. The summed E-state index contributed by atoms with van der Waals surface area (Å²) < 4.78 is 0. The van der Waals surface area contributed by atoms with Crippen LogP contribution in [0.3, 0.4) is 0 Å².